The highest BCUT2D eigenvalue weighted by Crippen LogP contribution is 2.32. The molecular weight excluding hydrogens is 321 g/mol. The molecular formula is C12H11Cl2N3O2S. The van der Waals surface area contributed by atoms with E-state index in [0.29, 0.717) is 5.69 Å². The molecule has 20 heavy (non-hydrogen) atoms. The number of sulfonamides is 1. The summed E-state index contributed by atoms with van der Waals surface area (Å²) in [6.45, 7) is 0.0576. The van der Waals surface area contributed by atoms with Gasteiger partial charge in [0.1, 0.15) is 4.90 Å². The fraction of sp³-hybridized carbons (Fsp3) is 0.0833. The van der Waals surface area contributed by atoms with E-state index in [1.807, 2.05) is 0 Å². The molecule has 0 aliphatic heterocycles. The van der Waals surface area contributed by atoms with Gasteiger partial charge in [-0.1, -0.05) is 29.3 Å². The van der Waals surface area contributed by atoms with Gasteiger partial charge in [0.2, 0.25) is 10.0 Å². The Morgan fingerprint density at radius 2 is 1.95 bits per heavy atom. The highest BCUT2D eigenvalue weighted by Gasteiger charge is 2.20. The number of aromatic nitrogens is 1. The molecule has 0 bridgehead atoms. The van der Waals surface area contributed by atoms with Crippen molar-refractivity contribution in [3.05, 3.63) is 52.3 Å². The highest BCUT2D eigenvalue weighted by atomic mass is 35.5. The SMILES string of the molecule is Nc1c(Cl)ccc(S(=O)(=O)NCc2ccccn2)c1Cl. The van der Waals surface area contributed by atoms with Gasteiger partial charge in [-0.15, -0.1) is 0 Å². The van der Waals surface area contributed by atoms with Crippen LogP contribution in [-0.2, 0) is 16.6 Å². The van der Waals surface area contributed by atoms with Crippen LogP contribution in [0, 0.1) is 0 Å². The number of rotatable bonds is 4. The average molecular weight is 332 g/mol. The number of hydrogen-bond acceptors (Lipinski definition) is 4. The van der Waals surface area contributed by atoms with Crippen LogP contribution in [-0.4, -0.2) is 13.4 Å². The fourth-order valence-electron chi connectivity index (χ4n) is 1.51. The Bertz CT molecular complexity index is 721. The molecule has 2 rings (SSSR count). The number of nitrogens with one attached hydrogen (secondary N) is 1. The monoisotopic (exact) mass is 331 g/mol. The zero-order chi connectivity index (χ0) is 14.8. The maximum atomic E-state index is 12.2. The number of halogens is 2. The first-order valence-electron chi connectivity index (χ1n) is 5.55. The Kier molecular flexibility index (Phi) is 4.49. The molecule has 0 unspecified atom stereocenters. The summed E-state index contributed by atoms with van der Waals surface area (Å²) in [4.78, 5) is 3.91. The van der Waals surface area contributed by atoms with Gasteiger partial charge in [0.05, 0.1) is 28.0 Å². The van der Waals surface area contributed by atoms with Crippen LogP contribution in [0.2, 0.25) is 10.0 Å². The van der Waals surface area contributed by atoms with E-state index in [1.54, 1.807) is 24.4 Å². The normalized spacial score (nSPS) is 11.5. The van der Waals surface area contributed by atoms with Crippen LogP contribution >= 0.6 is 23.2 Å². The number of nitrogens with two attached hydrogens (primary N) is 1. The van der Waals surface area contributed by atoms with Crippen molar-refractivity contribution < 1.29 is 8.42 Å². The van der Waals surface area contributed by atoms with Crippen molar-refractivity contribution in [2.45, 2.75) is 11.4 Å². The predicted molar refractivity (Wildman–Crippen MR) is 79.1 cm³/mol. The molecule has 0 radical (unpaired) electrons. The molecule has 0 atom stereocenters. The first kappa shape index (κ1) is 15.1. The van der Waals surface area contributed by atoms with Gasteiger partial charge >= 0.3 is 0 Å². The van der Waals surface area contributed by atoms with E-state index in [2.05, 4.69) is 9.71 Å². The lowest BCUT2D eigenvalue weighted by Crippen LogP contribution is -2.24. The van der Waals surface area contributed by atoms with Gasteiger partial charge in [-0.25, -0.2) is 13.1 Å². The van der Waals surface area contributed by atoms with Crippen molar-refractivity contribution >= 4 is 38.9 Å². The van der Waals surface area contributed by atoms with Crippen molar-refractivity contribution in [1.82, 2.24) is 9.71 Å². The van der Waals surface area contributed by atoms with E-state index in [9.17, 15) is 8.42 Å². The Labute approximate surface area is 126 Å². The molecule has 0 spiro atoms. The topological polar surface area (TPSA) is 85.1 Å². The van der Waals surface area contributed by atoms with Gasteiger partial charge in [-0.05, 0) is 24.3 Å². The van der Waals surface area contributed by atoms with E-state index < -0.39 is 10.0 Å². The van der Waals surface area contributed by atoms with E-state index in [1.165, 1.54) is 12.1 Å². The Balaban J connectivity index is 2.25. The van der Waals surface area contributed by atoms with Crippen LogP contribution in [0.5, 0.6) is 0 Å². The van der Waals surface area contributed by atoms with Gasteiger partial charge in [-0.2, -0.15) is 0 Å². The van der Waals surface area contributed by atoms with E-state index in [-0.39, 0.29) is 27.2 Å². The number of anilines is 1. The van der Waals surface area contributed by atoms with Crippen LogP contribution in [0.15, 0.2) is 41.4 Å². The second-order valence-electron chi connectivity index (χ2n) is 3.92. The second kappa shape index (κ2) is 5.97. The lowest BCUT2D eigenvalue weighted by atomic mass is 10.3. The molecule has 1 aromatic carbocycles. The predicted octanol–water partition coefficient (Wildman–Crippen LogP) is 2.45. The smallest absolute Gasteiger partial charge is 0.242 e. The third kappa shape index (κ3) is 3.21. The minimum absolute atomic E-state index is 0.0362. The standard InChI is InChI=1S/C12H11Cl2N3O2S/c13-9-4-5-10(11(14)12(9)15)20(18,19)17-7-8-3-1-2-6-16-8/h1-6,17H,7,15H2. The van der Waals surface area contributed by atoms with Crippen LogP contribution < -0.4 is 10.5 Å². The maximum absolute atomic E-state index is 12.2. The largest absolute Gasteiger partial charge is 0.396 e. The number of benzene rings is 1. The van der Waals surface area contributed by atoms with Gasteiger partial charge < -0.3 is 5.73 Å². The summed E-state index contributed by atoms with van der Waals surface area (Å²) >= 11 is 11.7. The molecule has 5 nitrogen and oxygen atoms in total. The van der Waals surface area contributed by atoms with Crippen molar-refractivity contribution in [2.75, 3.05) is 5.73 Å². The van der Waals surface area contributed by atoms with Crippen LogP contribution in [0.4, 0.5) is 5.69 Å². The van der Waals surface area contributed by atoms with E-state index >= 15 is 0 Å². The van der Waals surface area contributed by atoms with Crippen molar-refractivity contribution in [2.24, 2.45) is 0 Å². The molecule has 0 amide bonds. The van der Waals surface area contributed by atoms with Crippen LogP contribution in [0.25, 0.3) is 0 Å². The second-order valence-corrected chi connectivity index (χ2v) is 6.44. The minimum atomic E-state index is -3.79. The molecule has 0 fully saturated rings. The van der Waals surface area contributed by atoms with E-state index in [0.717, 1.165) is 0 Å². The molecule has 106 valence electrons. The third-order valence-electron chi connectivity index (χ3n) is 2.55. The van der Waals surface area contributed by atoms with Crippen LogP contribution in [0.1, 0.15) is 5.69 Å². The summed E-state index contributed by atoms with van der Waals surface area (Å²) in [6.07, 6.45) is 1.58. The summed E-state index contributed by atoms with van der Waals surface area (Å²) in [6, 6.07) is 7.92. The molecule has 1 aromatic heterocycles. The molecule has 3 N–H and O–H groups in total. The van der Waals surface area contributed by atoms with Gasteiger partial charge in [0.25, 0.3) is 0 Å². The molecule has 0 saturated heterocycles. The molecule has 2 aromatic rings. The molecule has 8 heteroatoms. The summed E-state index contributed by atoms with van der Waals surface area (Å²) in [5.41, 5.74) is 6.25. The average Bonchev–Trinajstić information content (AvgIpc) is 2.44. The van der Waals surface area contributed by atoms with Gasteiger partial charge in [-0.3, -0.25) is 4.98 Å². The quantitative estimate of drug-likeness (QED) is 0.842. The molecule has 0 aliphatic rings. The number of nitrogens with zero attached hydrogens (tertiary/aromatic N) is 1. The Morgan fingerprint density at radius 1 is 1.20 bits per heavy atom. The first-order valence-corrected chi connectivity index (χ1v) is 7.79. The maximum Gasteiger partial charge on any atom is 0.242 e. The molecule has 0 aliphatic carbocycles. The fourth-order valence-corrected chi connectivity index (χ4v) is 3.27. The highest BCUT2D eigenvalue weighted by molar-refractivity contribution is 7.89. The minimum Gasteiger partial charge on any atom is -0.396 e. The number of hydrogen-bond donors (Lipinski definition) is 2. The summed E-state index contributed by atoms with van der Waals surface area (Å²) in [7, 11) is -3.79. The molecule has 0 saturated carbocycles. The zero-order valence-electron chi connectivity index (χ0n) is 10.2. The Hall–Kier alpha value is -1.34. The zero-order valence-corrected chi connectivity index (χ0v) is 12.5. The number of pyridine rings is 1. The van der Waals surface area contributed by atoms with Crippen LogP contribution in [0.3, 0.4) is 0 Å². The lowest BCUT2D eigenvalue weighted by Gasteiger charge is -2.10. The third-order valence-corrected chi connectivity index (χ3v) is 4.84. The molecule has 1 heterocycles. The van der Waals surface area contributed by atoms with E-state index in [4.69, 9.17) is 28.9 Å². The summed E-state index contributed by atoms with van der Waals surface area (Å²) in [5, 5.41) is 0.115. The Morgan fingerprint density at radius 3 is 2.60 bits per heavy atom. The van der Waals surface area contributed by atoms with Crippen molar-refractivity contribution in [3.63, 3.8) is 0 Å². The van der Waals surface area contributed by atoms with Crippen molar-refractivity contribution in [3.8, 4) is 0 Å². The first-order chi connectivity index (χ1) is 9.42. The number of nitrogen functional groups attached to an aromatic ring is 1. The lowest BCUT2D eigenvalue weighted by molar-refractivity contribution is 0.580. The van der Waals surface area contributed by atoms with Crippen molar-refractivity contribution in [1.29, 1.82) is 0 Å². The summed E-state index contributed by atoms with van der Waals surface area (Å²) in [5.74, 6) is 0. The van der Waals surface area contributed by atoms with Gasteiger partial charge in [0, 0.05) is 6.20 Å². The van der Waals surface area contributed by atoms with Gasteiger partial charge in [0.15, 0.2) is 0 Å². The summed E-state index contributed by atoms with van der Waals surface area (Å²) < 4.78 is 26.7.